The number of nitro groups is 1. The van der Waals surface area contributed by atoms with Gasteiger partial charge in [-0.2, -0.15) is 0 Å². The van der Waals surface area contributed by atoms with Crippen LogP contribution in [0.1, 0.15) is 5.56 Å². The van der Waals surface area contributed by atoms with Crippen molar-refractivity contribution in [1.82, 2.24) is 0 Å². The van der Waals surface area contributed by atoms with Gasteiger partial charge in [0.1, 0.15) is 0 Å². The first kappa shape index (κ1) is 11.3. The van der Waals surface area contributed by atoms with E-state index in [0.717, 1.165) is 0 Å². The molecule has 1 aromatic carbocycles. The van der Waals surface area contributed by atoms with E-state index >= 15 is 0 Å². The molecule has 15 heavy (non-hydrogen) atoms. The van der Waals surface area contributed by atoms with E-state index in [-0.39, 0.29) is 12.2 Å². The Labute approximate surface area is 86.7 Å². The van der Waals surface area contributed by atoms with Crippen LogP contribution in [0.15, 0.2) is 12.1 Å². The van der Waals surface area contributed by atoms with Crippen molar-refractivity contribution in [3.63, 3.8) is 0 Å². The van der Waals surface area contributed by atoms with Crippen LogP contribution < -0.4 is 15.2 Å². The molecule has 0 saturated carbocycles. The zero-order chi connectivity index (χ0) is 11.4. The number of non-ortho nitro benzene ring substituents is 1. The highest BCUT2D eigenvalue weighted by molar-refractivity contribution is 5.54. The Morgan fingerprint density at radius 1 is 1.40 bits per heavy atom. The molecule has 0 spiro atoms. The van der Waals surface area contributed by atoms with E-state index in [1.165, 1.54) is 26.4 Å². The maximum atomic E-state index is 10.6. The highest BCUT2D eigenvalue weighted by atomic mass is 16.6. The van der Waals surface area contributed by atoms with Gasteiger partial charge in [0.25, 0.3) is 5.69 Å². The topological polar surface area (TPSA) is 87.6 Å². The Balaban J connectivity index is 3.35. The van der Waals surface area contributed by atoms with Gasteiger partial charge in [0.05, 0.1) is 25.2 Å². The number of ether oxygens (including phenoxy) is 2. The van der Waals surface area contributed by atoms with Gasteiger partial charge >= 0.3 is 0 Å². The van der Waals surface area contributed by atoms with Crippen LogP contribution in [0.3, 0.4) is 0 Å². The Bertz CT molecular complexity index is 353. The lowest BCUT2D eigenvalue weighted by Crippen LogP contribution is -2.03. The van der Waals surface area contributed by atoms with Gasteiger partial charge in [-0.05, 0) is 0 Å². The summed E-state index contributed by atoms with van der Waals surface area (Å²) in [6, 6.07) is 2.68. The molecule has 6 heteroatoms. The largest absolute Gasteiger partial charge is 0.493 e. The van der Waals surface area contributed by atoms with Crippen LogP contribution in [-0.2, 0) is 6.54 Å². The first-order chi connectivity index (χ1) is 7.13. The first-order valence-corrected chi connectivity index (χ1v) is 4.23. The molecule has 0 aliphatic heterocycles. The summed E-state index contributed by atoms with van der Waals surface area (Å²) in [6.07, 6.45) is 0. The maximum Gasteiger partial charge on any atom is 0.273 e. The van der Waals surface area contributed by atoms with E-state index in [2.05, 4.69) is 0 Å². The number of nitro benzene ring substituents is 1. The van der Waals surface area contributed by atoms with Gasteiger partial charge in [-0.1, -0.05) is 0 Å². The van der Waals surface area contributed by atoms with Crippen LogP contribution in [-0.4, -0.2) is 19.1 Å². The lowest BCUT2D eigenvalue weighted by molar-refractivity contribution is -0.385. The van der Waals surface area contributed by atoms with Crippen LogP contribution >= 0.6 is 0 Å². The molecular formula is C9H12N2O4. The summed E-state index contributed by atoms with van der Waals surface area (Å²) in [6.45, 7) is 0.154. The van der Waals surface area contributed by atoms with Gasteiger partial charge in [-0.3, -0.25) is 10.1 Å². The lowest BCUT2D eigenvalue weighted by atomic mass is 10.1. The normalized spacial score (nSPS) is 9.80. The van der Waals surface area contributed by atoms with E-state index < -0.39 is 4.92 Å². The van der Waals surface area contributed by atoms with Gasteiger partial charge < -0.3 is 15.2 Å². The molecule has 82 valence electrons. The summed E-state index contributed by atoms with van der Waals surface area (Å²) >= 11 is 0. The summed E-state index contributed by atoms with van der Waals surface area (Å²) in [5, 5.41) is 10.6. The van der Waals surface area contributed by atoms with E-state index in [4.69, 9.17) is 15.2 Å². The third-order valence-corrected chi connectivity index (χ3v) is 1.97. The summed E-state index contributed by atoms with van der Waals surface area (Å²) in [5.74, 6) is 0.748. The molecular weight excluding hydrogens is 200 g/mol. The van der Waals surface area contributed by atoms with Crippen LogP contribution in [0.25, 0.3) is 0 Å². The third kappa shape index (κ3) is 2.16. The highest BCUT2D eigenvalue weighted by Crippen LogP contribution is 2.34. The zero-order valence-electron chi connectivity index (χ0n) is 8.52. The predicted molar refractivity (Wildman–Crippen MR) is 54.1 cm³/mol. The molecule has 0 atom stereocenters. The average Bonchev–Trinajstić information content (AvgIpc) is 2.26. The van der Waals surface area contributed by atoms with Gasteiger partial charge in [0.2, 0.25) is 0 Å². The Hall–Kier alpha value is -1.82. The minimum Gasteiger partial charge on any atom is -0.493 e. The highest BCUT2D eigenvalue weighted by Gasteiger charge is 2.16. The lowest BCUT2D eigenvalue weighted by Gasteiger charge is -2.11. The number of nitrogens with two attached hydrogens (primary N) is 1. The second-order valence-corrected chi connectivity index (χ2v) is 2.80. The van der Waals surface area contributed by atoms with E-state index in [0.29, 0.717) is 17.1 Å². The van der Waals surface area contributed by atoms with Crippen molar-refractivity contribution >= 4 is 5.69 Å². The number of rotatable bonds is 4. The Morgan fingerprint density at radius 3 is 2.47 bits per heavy atom. The third-order valence-electron chi connectivity index (χ3n) is 1.97. The summed E-state index contributed by atoms with van der Waals surface area (Å²) < 4.78 is 10.0. The molecule has 1 aromatic rings. The van der Waals surface area contributed by atoms with Crippen molar-refractivity contribution in [2.24, 2.45) is 5.73 Å². The SMILES string of the molecule is COc1cc([N+](=O)[O-])cc(CN)c1OC. The molecule has 0 fully saturated rings. The van der Waals surface area contributed by atoms with Crippen LogP contribution in [0.5, 0.6) is 11.5 Å². The number of hydrogen-bond acceptors (Lipinski definition) is 5. The number of nitrogens with zero attached hydrogens (tertiary/aromatic N) is 1. The molecule has 0 saturated heterocycles. The predicted octanol–water partition coefficient (Wildman–Crippen LogP) is 1.07. The molecule has 0 amide bonds. The molecule has 0 aliphatic carbocycles. The fourth-order valence-electron chi connectivity index (χ4n) is 1.28. The molecule has 2 N–H and O–H groups in total. The quantitative estimate of drug-likeness (QED) is 0.595. The van der Waals surface area contributed by atoms with E-state index in [1.54, 1.807) is 0 Å². The summed E-state index contributed by atoms with van der Waals surface area (Å²) in [7, 11) is 2.88. The molecule has 0 aliphatic rings. The van der Waals surface area contributed by atoms with Crippen LogP contribution in [0.2, 0.25) is 0 Å². The zero-order valence-corrected chi connectivity index (χ0v) is 8.52. The molecule has 0 unspecified atom stereocenters. The molecule has 0 radical (unpaired) electrons. The Kier molecular flexibility index (Phi) is 3.46. The molecule has 0 heterocycles. The number of benzene rings is 1. The summed E-state index contributed by atoms with van der Waals surface area (Å²) in [4.78, 5) is 10.1. The van der Waals surface area contributed by atoms with Crippen molar-refractivity contribution in [3.05, 3.63) is 27.8 Å². The van der Waals surface area contributed by atoms with Gasteiger partial charge in [-0.15, -0.1) is 0 Å². The van der Waals surface area contributed by atoms with Gasteiger partial charge in [0.15, 0.2) is 11.5 Å². The maximum absolute atomic E-state index is 10.6. The van der Waals surface area contributed by atoms with E-state index in [9.17, 15) is 10.1 Å². The van der Waals surface area contributed by atoms with Crippen LogP contribution in [0, 0.1) is 10.1 Å². The summed E-state index contributed by atoms with van der Waals surface area (Å²) in [5.41, 5.74) is 5.94. The average molecular weight is 212 g/mol. The van der Waals surface area contributed by atoms with Crippen molar-refractivity contribution in [1.29, 1.82) is 0 Å². The number of methoxy groups -OCH3 is 2. The smallest absolute Gasteiger partial charge is 0.273 e. The van der Waals surface area contributed by atoms with Crippen molar-refractivity contribution in [2.75, 3.05) is 14.2 Å². The van der Waals surface area contributed by atoms with Crippen molar-refractivity contribution in [3.8, 4) is 11.5 Å². The standard InChI is InChI=1S/C9H12N2O4/c1-14-8-4-7(11(12)13)3-6(5-10)9(8)15-2/h3-4H,5,10H2,1-2H3. The van der Waals surface area contributed by atoms with Gasteiger partial charge in [0, 0.05) is 18.2 Å². The fraction of sp³-hybridized carbons (Fsp3) is 0.333. The van der Waals surface area contributed by atoms with E-state index in [1.807, 2.05) is 0 Å². The van der Waals surface area contributed by atoms with Crippen molar-refractivity contribution in [2.45, 2.75) is 6.54 Å². The Morgan fingerprint density at radius 2 is 2.07 bits per heavy atom. The molecule has 0 aromatic heterocycles. The minimum absolute atomic E-state index is 0.0619. The second kappa shape index (κ2) is 4.61. The minimum atomic E-state index is -0.499. The fourth-order valence-corrected chi connectivity index (χ4v) is 1.28. The second-order valence-electron chi connectivity index (χ2n) is 2.80. The van der Waals surface area contributed by atoms with Gasteiger partial charge in [-0.25, -0.2) is 0 Å². The van der Waals surface area contributed by atoms with Crippen molar-refractivity contribution < 1.29 is 14.4 Å². The molecule has 6 nitrogen and oxygen atoms in total. The molecule has 1 rings (SSSR count). The monoisotopic (exact) mass is 212 g/mol. The number of hydrogen-bond donors (Lipinski definition) is 1. The molecule has 0 bridgehead atoms. The first-order valence-electron chi connectivity index (χ1n) is 4.23. The van der Waals surface area contributed by atoms with Crippen LogP contribution in [0.4, 0.5) is 5.69 Å².